The lowest BCUT2D eigenvalue weighted by Gasteiger charge is -1.96. The molecule has 1 aliphatic rings. The number of ether oxygens (including phenoxy) is 2. The maximum Gasteiger partial charge on any atom is 0.273 e. The number of epoxide rings is 1. The van der Waals surface area contributed by atoms with Crippen molar-refractivity contribution in [3.05, 3.63) is 11.1 Å². The molecule has 1 saturated heterocycles. The normalized spacial score (nSPS) is 21.7. The van der Waals surface area contributed by atoms with Crippen LogP contribution in [0, 0.1) is 6.92 Å². The third-order valence-corrected chi connectivity index (χ3v) is 2.26. The van der Waals surface area contributed by atoms with Gasteiger partial charge in [0.25, 0.3) is 5.19 Å². The topological polar surface area (TPSA) is 34.6 Å². The van der Waals surface area contributed by atoms with Crippen molar-refractivity contribution in [2.24, 2.45) is 0 Å². The van der Waals surface area contributed by atoms with Crippen molar-refractivity contribution in [2.45, 2.75) is 13.0 Å². The molecular weight excluding hydrogens is 162 g/mol. The van der Waals surface area contributed by atoms with E-state index in [-0.39, 0.29) is 0 Å². The molecule has 0 bridgehead atoms. The van der Waals surface area contributed by atoms with Gasteiger partial charge in [0.2, 0.25) is 0 Å². The van der Waals surface area contributed by atoms with Gasteiger partial charge in [-0.15, -0.1) is 0 Å². The van der Waals surface area contributed by atoms with Crippen molar-refractivity contribution in [1.82, 2.24) is 4.98 Å². The van der Waals surface area contributed by atoms with Crippen molar-refractivity contribution < 1.29 is 9.47 Å². The quantitative estimate of drug-likeness (QED) is 0.641. The summed E-state index contributed by atoms with van der Waals surface area (Å²) in [5, 5.41) is 2.72. The van der Waals surface area contributed by atoms with E-state index in [1.54, 1.807) is 0 Å². The lowest BCUT2D eigenvalue weighted by molar-refractivity contribution is 0.262. The molecule has 2 heterocycles. The fourth-order valence-corrected chi connectivity index (χ4v) is 1.38. The first kappa shape index (κ1) is 7.06. The van der Waals surface area contributed by atoms with Crippen molar-refractivity contribution in [3.8, 4) is 5.19 Å². The van der Waals surface area contributed by atoms with Gasteiger partial charge in [-0.1, -0.05) is 11.3 Å². The zero-order valence-corrected chi connectivity index (χ0v) is 7.06. The van der Waals surface area contributed by atoms with E-state index in [1.165, 1.54) is 11.3 Å². The fourth-order valence-electron chi connectivity index (χ4n) is 0.727. The molecule has 2 rings (SSSR count). The van der Waals surface area contributed by atoms with Gasteiger partial charge in [-0.25, -0.2) is 4.98 Å². The first-order valence-corrected chi connectivity index (χ1v) is 4.39. The lowest BCUT2D eigenvalue weighted by Crippen LogP contribution is -2.03. The zero-order chi connectivity index (χ0) is 7.68. The molecule has 0 radical (unpaired) electrons. The second kappa shape index (κ2) is 2.79. The van der Waals surface area contributed by atoms with E-state index in [2.05, 4.69) is 4.98 Å². The highest BCUT2D eigenvalue weighted by molar-refractivity contribution is 7.11. The van der Waals surface area contributed by atoms with E-state index in [0.29, 0.717) is 12.7 Å². The first-order chi connectivity index (χ1) is 5.34. The van der Waals surface area contributed by atoms with Gasteiger partial charge in [0, 0.05) is 5.38 Å². The minimum Gasteiger partial charge on any atom is -0.467 e. The van der Waals surface area contributed by atoms with Crippen LogP contribution in [-0.4, -0.2) is 24.3 Å². The minimum atomic E-state index is 0.319. The summed E-state index contributed by atoms with van der Waals surface area (Å²) in [5.41, 5.74) is 1.02. The number of thiazole rings is 1. The summed E-state index contributed by atoms with van der Waals surface area (Å²) in [4.78, 5) is 4.15. The van der Waals surface area contributed by atoms with Crippen LogP contribution in [0.1, 0.15) is 5.69 Å². The molecule has 1 unspecified atom stereocenters. The second-order valence-electron chi connectivity index (χ2n) is 2.52. The minimum absolute atomic E-state index is 0.319. The highest BCUT2D eigenvalue weighted by atomic mass is 32.1. The van der Waals surface area contributed by atoms with Crippen molar-refractivity contribution in [3.63, 3.8) is 0 Å². The van der Waals surface area contributed by atoms with Crippen LogP contribution in [-0.2, 0) is 4.74 Å². The lowest BCUT2D eigenvalue weighted by atomic mass is 10.5. The third-order valence-electron chi connectivity index (χ3n) is 1.39. The molecule has 1 aromatic rings. The number of hydrogen-bond acceptors (Lipinski definition) is 4. The Hall–Kier alpha value is -0.610. The molecular formula is C7H9NO2S. The van der Waals surface area contributed by atoms with Crippen molar-refractivity contribution >= 4 is 11.3 Å². The number of hydrogen-bond donors (Lipinski definition) is 0. The molecule has 0 N–H and O–H groups in total. The van der Waals surface area contributed by atoms with E-state index in [4.69, 9.17) is 9.47 Å². The number of rotatable bonds is 3. The maximum atomic E-state index is 5.33. The highest BCUT2D eigenvalue weighted by Gasteiger charge is 2.23. The Kier molecular flexibility index (Phi) is 1.79. The van der Waals surface area contributed by atoms with Gasteiger partial charge in [-0.05, 0) is 6.92 Å². The molecule has 11 heavy (non-hydrogen) atoms. The molecule has 1 atom stereocenters. The molecule has 3 nitrogen and oxygen atoms in total. The molecule has 0 aliphatic carbocycles. The summed E-state index contributed by atoms with van der Waals surface area (Å²) in [6, 6.07) is 0. The monoisotopic (exact) mass is 171 g/mol. The van der Waals surface area contributed by atoms with Crippen LogP contribution in [0.15, 0.2) is 5.38 Å². The van der Waals surface area contributed by atoms with E-state index in [9.17, 15) is 0 Å². The third kappa shape index (κ3) is 1.91. The first-order valence-electron chi connectivity index (χ1n) is 3.51. The van der Waals surface area contributed by atoms with Gasteiger partial charge in [-0.3, -0.25) is 0 Å². The Morgan fingerprint density at radius 2 is 2.73 bits per heavy atom. The summed E-state index contributed by atoms with van der Waals surface area (Å²) in [6.07, 6.45) is 0.319. The Morgan fingerprint density at radius 1 is 1.91 bits per heavy atom. The van der Waals surface area contributed by atoms with E-state index in [1.807, 2.05) is 12.3 Å². The molecule has 60 valence electrons. The molecule has 0 aromatic carbocycles. The predicted molar refractivity (Wildman–Crippen MR) is 42.1 cm³/mol. The standard InChI is InChI=1S/C7H9NO2S/c1-5-4-11-7(8-5)10-3-6-2-9-6/h4,6H,2-3H2,1H3. The predicted octanol–water partition coefficient (Wildman–Crippen LogP) is 1.23. The fraction of sp³-hybridized carbons (Fsp3) is 0.571. The number of aryl methyl sites for hydroxylation is 1. The molecule has 4 heteroatoms. The SMILES string of the molecule is Cc1csc(OCC2CO2)n1. The van der Waals surface area contributed by atoms with Crippen LogP contribution >= 0.6 is 11.3 Å². The second-order valence-corrected chi connectivity index (χ2v) is 3.34. The Balaban J connectivity index is 1.85. The van der Waals surface area contributed by atoms with Gasteiger partial charge in [-0.2, -0.15) is 0 Å². The Labute approximate surface area is 69.0 Å². The van der Waals surface area contributed by atoms with Crippen LogP contribution in [0.25, 0.3) is 0 Å². The van der Waals surface area contributed by atoms with Crippen LogP contribution in [0.3, 0.4) is 0 Å². The van der Waals surface area contributed by atoms with Gasteiger partial charge in [0.05, 0.1) is 12.3 Å². The van der Waals surface area contributed by atoms with Crippen LogP contribution in [0.2, 0.25) is 0 Å². The molecule has 1 aliphatic heterocycles. The van der Waals surface area contributed by atoms with Crippen LogP contribution < -0.4 is 4.74 Å². The average Bonchev–Trinajstić information content (AvgIpc) is 2.72. The summed E-state index contributed by atoms with van der Waals surface area (Å²) in [6.45, 7) is 3.44. The van der Waals surface area contributed by atoms with Gasteiger partial charge < -0.3 is 9.47 Å². The van der Waals surface area contributed by atoms with Gasteiger partial charge >= 0.3 is 0 Å². The average molecular weight is 171 g/mol. The largest absolute Gasteiger partial charge is 0.467 e. The number of aromatic nitrogens is 1. The zero-order valence-electron chi connectivity index (χ0n) is 6.24. The summed E-state index contributed by atoms with van der Waals surface area (Å²) in [5.74, 6) is 0. The summed E-state index contributed by atoms with van der Waals surface area (Å²) in [7, 11) is 0. The van der Waals surface area contributed by atoms with Crippen LogP contribution in [0.4, 0.5) is 0 Å². The highest BCUT2D eigenvalue weighted by Crippen LogP contribution is 2.19. The Bertz CT molecular complexity index is 244. The summed E-state index contributed by atoms with van der Waals surface area (Å²) < 4.78 is 10.3. The van der Waals surface area contributed by atoms with Gasteiger partial charge in [0.15, 0.2) is 0 Å². The maximum absolute atomic E-state index is 5.33. The molecule has 0 saturated carbocycles. The van der Waals surface area contributed by atoms with Crippen molar-refractivity contribution in [2.75, 3.05) is 13.2 Å². The van der Waals surface area contributed by atoms with E-state index in [0.717, 1.165) is 17.5 Å². The van der Waals surface area contributed by atoms with Crippen LogP contribution in [0.5, 0.6) is 5.19 Å². The molecule has 1 fully saturated rings. The molecule has 1 aromatic heterocycles. The summed E-state index contributed by atoms with van der Waals surface area (Å²) >= 11 is 1.53. The smallest absolute Gasteiger partial charge is 0.273 e. The van der Waals surface area contributed by atoms with E-state index >= 15 is 0 Å². The number of nitrogens with zero attached hydrogens (tertiary/aromatic N) is 1. The molecule has 0 amide bonds. The van der Waals surface area contributed by atoms with Crippen molar-refractivity contribution in [1.29, 1.82) is 0 Å². The molecule has 0 spiro atoms. The van der Waals surface area contributed by atoms with E-state index < -0.39 is 0 Å². The van der Waals surface area contributed by atoms with Gasteiger partial charge in [0.1, 0.15) is 12.7 Å². The Morgan fingerprint density at radius 3 is 3.27 bits per heavy atom.